The molecular formula is C29H26ClF2N5. The molecule has 2 heterocycles. The van der Waals surface area contributed by atoms with Crippen molar-refractivity contribution in [1.82, 2.24) is 19.7 Å². The minimum Gasteiger partial charge on any atom is -0.292 e. The molecule has 4 aromatic rings. The van der Waals surface area contributed by atoms with Gasteiger partial charge < -0.3 is 0 Å². The number of hydrogen-bond donors (Lipinski definition) is 0. The number of nitriles is 1. The summed E-state index contributed by atoms with van der Waals surface area (Å²) in [5, 5.41) is 17.7. The molecule has 0 saturated carbocycles. The van der Waals surface area contributed by atoms with Gasteiger partial charge in [-0.2, -0.15) is 5.26 Å². The molecule has 0 radical (unpaired) electrons. The topological polar surface area (TPSA) is 57.7 Å². The van der Waals surface area contributed by atoms with Crippen LogP contribution >= 0.6 is 11.6 Å². The van der Waals surface area contributed by atoms with E-state index in [9.17, 15) is 9.65 Å². The zero-order chi connectivity index (χ0) is 26.2. The second kappa shape index (κ2) is 10.0. The van der Waals surface area contributed by atoms with Crippen molar-refractivity contribution in [2.45, 2.75) is 31.5 Å². The number of likely N-dealkylation sites (tertiary alicyclic amines) is 1. The molecule has 37 heavy (non-hydrogen) atoms. The van der Waals surface area contributed by atoms with Crippen LogP contribution in [0.2, 0.25) is 5.02 Å². The van der Waals surface area contributed by atoms with Crippen LogP contribution in [0.25, 0.3) is 5.69 Å². The average Bonchev–Trinajstić information content (AvgIpc) is 3.38. The van der Waals surface area contributed by atoms with E-state index in [1.165, 1.54) is 24.8 Å². The monoisotopic (exact) mass is 517 g/mol. The molecule has 5 rings (SSSR count). The van der Waals surface area contributed by atoms with Crippen LogP contribution < -0.4 is 0 Å². The molecule has 1 aromatic heterocycles. The molecule has 1 fully saturated rings. The van der Waals surface area contributed by atoms with Crippen molar-refractivity contribution in [2.24, 2.45) is 5.92 Å². The Kier molecular flexibility index (Phi) is 6.80. The lowest BCUT2D eigenvalue weighted by molar-refractivity contribution is 0.00813. The highest BCUT2D eigenvalue weighted by molar-refractivity contribution is 6.30. The number of alkyl halides is 1. The Morgan fingerprint density at radius 1 is 0.973 bits per heavy atom. The SMILES string of the molecule is CC(C)(F)[C@H](c1cc(F)cc(-n2cnnc2)c1)C1CN(C(c2ccc(Cl)cc2)c2cccc(C#N)c2)C1. The fraction of sp³-hybridized carbons (Fsp3) is 0.276. The van der Waals surface area contributed by atoms with Gasteiger partial charge in [0.2, 0.25) is 0 Å². The summed E-state index contributed by atoms with van der Waals surface area (Å²) in [5.74, 6) is -0.991. The average molecular weight is 518 g/mol. The molecule has 1 aliphatic heterocycles. The van der Waals surface area contributed by atoms with Crippen molar-refractivity contribution in [3.63, 3.8) is 0 Å². The molecular weight excluding hydrogens is 492 g/mol. The van der Waals surface area contributed by atoms with Crippen molar-refractivity contribution < 1.29 is 8.78 Å². The van der Waals surface area contributed by atoms with Crippen LogP contribution in [-0.4, -0.2) is 38.4 Å². The predicted molar refractivity (Wildman–Crippen MR) is 139 cm³/mol. The largest absolute Gasteiger partial charge is 0.292 e. The molecule has 0 amide bonds. The van der Waals surface area contributed by atoms with Gasteiger partial charge in [-0.3, -0.25) is 9.47 Å². The fourth-order valence-electron chi connectivity index (χ4n) is 5.50. The molecule has 0 aliphatic carbocycles. The lowest BCUT2D eigenvalue weighted by Crippen LogP contribution is -2.53. The first-order valence-corrected chi connectivity index (χ1v) is 12.4. The van der Waals surface area contributed by atoms with E-state index >= 15 is 4.39 Å². The van der Waals surface area contributed by atoms with Crippen molar-refractivity contribution >= 4 is 11.6 Å². The number of rotatable bonds is 7. The maximum atomic E-state index is 15.7. The summed E-state index contributed by atoms with van der Waals surface area (Å²) in [6.07, 6.45) is 2.98. The Balaban J connectivity index is 1.47. The van der Waals surface area contributed by atoms with Crippen LogP contribution in [0, 0.1) is 23.1 Å². The highest BCUT2D eigenvalue weighted by Crippen LogP contribution is 2.46. The molecule has 0 N–H and O–H groups in total. The minimum absolute atomic E-state index is 0.0375. The lowest BCUT2D eigenvalue weighted by atomic mass is 9.72. The van der Waals surface area contributed by atoms with Gasteiger partial charge >= 0.3 is 0 Å². The maximum Gasteiger partial charge on any atom is 0.125 e. The van der Waals surface area contributed by atoms with Crippen molar-refractivity contribution in [3.05, 3.63) is 112 Å². The van der Waals surface area contributed by atoms with Crippen LogP contribution in [-0.2, 0) is 0 Å². The first kappa shape index (κ1) is 25.1. The highest BCUT2D eigenvalue weighted by atomic mass is 35.5. The number of nitrogens with zero attached hydrogens (tertiary/aromatic N) is 5. The third-order valence-electron chi connectivity index (χ3n) is 7.01. The van der Waals surface area contributed by atoms with E-state index in [1.807, 2.05) is 48.5 Å². The van der Waals surface area contributed by atoms with Crippen LogP contribution in [0.5, 0.6) is 0 Å². The van der Waals surface area contributed by atoms with Crippen molar-refractivity contribution in [2.75, 3.05) is 13.1 Å². The second-order valence-electron chi connectivity index (χ2n) is 10.1. The summed E-state index contributed by atoms with van der Waals surface area (Å²) in [6.45, 7) is 4.33. The van der Waals surface area contributed by atoms with Gasteiger partial charge in [0.05, 0.1) is 23.4 Å². The van der Waals surface area contributed by atoms with Gasteiger partial charge in [-0.1, -0.05) is 35.9 Å². The van der Waals surface area contributed by atoms with Gasteiger partial charge in [0.25, 0.3) is 0 Å². The Morgan fingerprint density at radius 2 is 1.68 bits per heavy atom. The van der Waals surface area contributed by atoms with Gasteiger partial charge in [-0.25, -0.2) is 8.78 Å². The highest BCUT2D eigenvalue weighted by Gasteiger charge is 2.45. The number of hydrogen-bond acceptors (Lipinski definition) is 4. The number of halogens is 3. The third kappa shape index (κ3) is 5.27. The Hall–Kier alpha value is -3.60. The summed E-state index contributed by atoms with van der Waals surface area (Å²) in [6, 6.07) is 21.9. The lowest BCUT2D eigenvalue weighted by Gasteiger charge is -2.50. The summed E-state index contributed by atoms with van der Waals surface area (Å²) >= 11 is 6.14. The molecule has 0 bridgehead atoms. The van der Waals surface area contributed by atoms with Crippen LogP contribution in [0.4, 0.5) is 8.78 Å². The van der Waals surface area contributed by atoms with Gasteiger partial charge in [-0.15, -0.1) is 10.2 Å². The summed E-state index contributed by atoms with van der Waals surface area (Å²) in [5.41, 5.74) is 2.18. The molecule has 5 nitrogen and oxygen atoms in total. The Labute approximate surface area is 219 Å². The van der Waals surface area contributed by atoms with E-state index in [0.717, 1.165) is 11.1 Å². The van der Waals surface area contributed by atoms with E-state index in [4.69, 9.17) is 11.6 Å². The Bertz CT molecular complexity index is 1420. The first-order chi connectivity index (χ1) is 17.7. The van der Waals surface area contributed by atoms with E-state index < -0.39 is 17.4 Å². The standard InChI is InChI=1S/C29H26ClF2N5/c1-29(2,32)27(22-11-25(31)13-26(12-22)37-17-34-35-18-37)23-15-36(16-23)28(20-6-8-24(30)9-7-20)21-5-3-4-19(10-21)14-33/h3-13,17-18,23,27-28H,15-16H2,1-2H3/t27-,28?/m1/s1. The summed E-state index contributed by atoms with van der Waals surface area (Å²) < 4.78 is 32.0. The first-order valence-electron chi connectivity index (χ1n) is 12.1. The van der Waals surface area contributed by atoms with Gasteiger partial charge in [-0.05, 0) is 78.9 Å². The third-order valence-corrected chi connectivity index (χ3v) is 7.26. The smallest absolute Gasteiger partial charge is 0.125 e. The van der Waals surface area contributed by atoms with Crippen LogP contribution in [0.3, 0.4) is 0 Å². The van der Waals surface area contributed by atoms with Crippen LogP contribution in [0.1, 0.15) is 48.1 Å². The van der Waals surface area contributed by atoms with Gasteiger partial charge in [0.15, 0.2) is 0 Å². The predicted octanol–water partition coefficient (Wildman–Crippen LogP) is 6.48. The molecule has 188 valence electrons. The Morgan fingerprint density at radius 3 is 2.32 bits per heavy atom. The van der Waals surface area contributed by atoms with Gasteiger partial charge in [0.1, 0.15) is 24.1 Å². The minimum atomic E-state index is -1.58. The zero-order valence-electron chi connectivity index (χ0n) is 20.5. The van der Waals surface area contributed by atoms with E-state index in [1.54, 1.807) is 24.5 Å². The van der Waals surface area contributed by atoms with Gasteiger partial charge in [0, 0.05) is 24.0 Å². The van der Waals surface area contributed by atoms with E-state index in [-0.39, 0.29) is 12.0 Å². The molecule has 3 aromatic carbocycles. The summed E-state index contributed by atoms with van der Waals surface area (Å²) in [4.78, 5) is 2.27. The normalized spacial score (nSPS) is 16.1. The fourth-order valence-corrected chi connectivity index (χ4v) is 5.62. The van der Waals surface area contributed by atoms with Crippen molar-refractivity contribution in [1.29, 1.82) is 5.26 Å². The van der Waals surface area contributed by atoms with E-state index in [2.05, 4.69) is 21.2 Å². The number of benzene rings is 3. The molecule has 1 saturated heterocycles. The van der Waals surface area contributed by atoms with Crippen LogP contribution in [0.15, 0.2) is 79.4 Å². The molecule has 2 atom stereocenters. The second-order valence-corrected chi connectivity index (χ2v) is 10.5. The molecule has 1 aliphatic rings. The number of aromatic nitrogens is 3. The molecule has 0 spiro atoms. The van der Waals surface area contributed by atoms with E-state index in [0.29, 0.717) is 34.9 Å². The van der Waals surface area contributed by atoms with Crippen molar-refractivity contribution in [3.8, 4) is 11.8 Å². The maximum absolute atomic E-state index is 15.7. The zero-order valence-corrected chi connectivity index (χ0v) is 21.3. The summed E-state index contributed by atoms with van der Waals surface area (Å²) in [7, 11) is 0. The molecule has 1 unspecified atom stereocenters. The molecule has 8 heteroatoms. The quantitative estimate of drug-likeness (QED) is 0.281.